The van der Waals surface area contributed by atoms with Crippen LogP contribution in [0.2, 0.25) is 0 Å². The number of carbonyl (C=O) groups excluding carboxylic acids is 1. The first-order valence-corrected chi connectivity index (χ1v) is 8.30. The molecule has 1 amide bonds. The lowest BCUT2D eigenvalue weighted by Gasteiger charge is -2.26. The highest BCUT2D eigenvalue weighted by molar-refractivity contribution is 5.80. The lowest BCUT2D eigenvalue weighted by atomic mass is 9.81. The molecule has 2 rings (SSSR count). The van der Waals surface area contributed by atoms with Gasteiger partial charge < -0.3 is 24.6 Å². The summed E-state index contributed by atoms with van der Waals surface area (Å²) in [5.74, 6) is -0.108. The molecule has 1 aromatic rings. The number of carboxylic acid groups (broad SMARTS) is 1. The predicted molar refractivity (Wildman–Crippen MR) is 91.0 cm³/mol. The van der Waals surface area contributed by atoms with Crippen LogP contribution in [-0.2, 0) is 16.1 Å². The summed E-state index contributed by atoms with van der Waals surface area (Å²) in [6.07, 6.45) is 2.51. The molecule has 1 aromatic carbocycles. The van der Waals surface area contributed by atoms with E-state index >= 15 is 0 Å². The fraction of sp³-hybridized carbons (Fsp3) is 0.556. The zero-order chi connectivity index (χ0) is 18.4. The summed E-state index contributed by atoms with van der Waals surface area (Å²) in [7, 11) is 4.60. The molecule has 138 valence electrons. The van der Waals surface area contributed by atoms with Crippen molar-refractivity contribution >= 4 is 11.9 Å². The number of carbonyl (C=O) groups is 2. The zero-order valence-corrected chi connectivity index (χ0v) is 14.8. The van der Waals surface area contributed by atoms with Crippen LogP contribution in [0.3, 0.4) is 0 Å². The predicted octanol–water partition coefficient (Wildman–Crippen LogP) is 2.22. The van der Waals surface area contributed by atoms with E-state index in [0.29, 0.717) is 30.1 Å². The molecule has 0 heterocycles. The molecule has 1 aliphatic rings. The fourth-order valence-corrected chi connectivity index (χ4v) is 3.28. The van der Waals surface area contributed by atoms with E-state index in [2.05, 4.69) is 5.32 Å². The summed E-state index contributed by atoms with van der Waals surface area (Å²) in [5, 5.41) is 12.0. The second kappa shape index (κ2) is 8.60. The van der Waals surface area contributed by atoms with E-state index in [9.17, 15) is 9.59 Å². The lowest BCUT2D eigenvalue weighted by Crippen LogP contribution is -2.35. The molecule has 7 heteroatoms. The molecular weight excluding hydrogens is 326 g/mol. The molecule has 0 aliphatic heterocycles. The Morgan fingerprint density at radius 3 is 2.36 bits per heavy atom. The summed E-state index contributed by atoms with van der Waals surface area (Å²) in [4.78, 5) is 23.6. The molecule has 1 aliphatic carbocycles. The summed E-state index contributed by atoms with van der Waals surface area (Å²) in [6, 6.07) is 3.56. The average Bonchev–Trinajstić information content (AvgIpc) is 2.64. The van der Waals surface area contributed by atoms with E-state index in [1.165, 1.54) is 14.2 Å². The quantitative estimate of drug-likeness (QED) is 0.782. The van der Waals surface area contributed by atoms with Gasteiger partial charge in [-0.2, -0.15) is 0 Å². The second-order valence-corrected chi connectivity index (χ2v) is 6.11. The maximum Gasteiger partial charge on any atom is 0.306 e. The number of benzene rings is 1. The molecule has 0 saturated heterocycles. The molecule has 2 unspecified atom stereocenters. The second-order valence-electron chi connectivity index (χ2n) is 6.11. The molecule has 0 spiro atoms. The Kier molecular flexibility index (Phi) is 6.50. The fourth-order valence-electron chi connectivity index (χ4n) is 3.28. The maximum atomic E-state index is 12.4. The molecule has 1 saturated carbocycles. The molecule has 7 nitrogen and oxygen atoms in total. The molecule has 2 N–H and O–H groups in total. The topological polar surface area (TPSA) is 94.1 Å². The van der Waals surface area contributed by atoms with Crippen molar-refractivity contribution in [1.29, 1.82) is 0 Å². The Morgan fingerprint density at radius 1 is 1.08 bits per heavy atom. The minimum atomic E-state index is -0.820. The van der Waals surface area contributed by atoms with E-state index in [1.807, 2.05) is 0 Å². The van der Waals surface area contributed by atoms with Crippen LogP contribution in [0.4, 0.5) is 0 Å². The third kappa shape index (κ3) is 4.35. The molecule has 25 heavy (non-hydrogen) atoms. The smallest absolute Gasteiger partial charge is 0.306 e. The highest BCUT2D eigenvalue weighted by atomic mass is 16.5. The van der Waals surface area contributed by atoms with E-state index < -0.39 is 11.9 Å². The Morgan fingerprint density at radius 2 is 1.76 bits per heavy atom. The minimum absolute atomic E-state index is 0.122. The number of nitrogens with one attached hydrogen (secondary N) is 1. The molecule has 0 aromatic heterocycles. The van der Waals surface area contributed by atoms with Gasteiger partial charge in [0.05, 0.1) is 27.2 Å². The van der Waals surface area contributed by atoms with Crippen molar-refractivity contribution in [1.82, 2.24) is 5.32 Å². The van der Waals surface area contributed by atoms with Crippen LogP contribution >= 0.6 is 0 Å². The van der Waals surface area contributed by atoms with Crippen molar-refractivity contribution in [3.8, 4) is 17.2 Å². The van der Waals surface area contributed by atoms with Gasteiger partial charge in [-0.25, -0.2) is 0 Å². The third-order valence-corrected chi connectivity index (χ3v) is 4.63. The molecule has 0 bridgehead atoms. The maximum absolute atomic E-state index is 12.4. The Hall–Kier alpha value is -2.44. The van der Waals surface area contributed by atoms with Crippen LogP contribution in [0.25, 0.3) is 0 Å². The van der Waals surface area contributed by atoms with Gasteiger partial charge in [-0.1, -0.05) is 6.42 Å². The van der Waals surface area contributed by atoms with Crippen LogP contribution in [0, 0.1) is 11.8 Å². The number of amides is 1. The summed E-state index contributed by atoms with van der Waals surface area (Å²) in [5.41, 5.74) is 0.763. The van der Waals surface area contributed by atoms with E-state index in [4.69, 9.17) is 19.3 Å². The Balaban J connectivity index is 2.05. The SMILES string of the molecule is COc1ccc(CNC(=O)C2CCCC(C(=O)O)C2)c(OC)c1OC. The van der Waals surface area contributed by atoms with Crippen LogP contribution in [0.15, 0.2) is 12.1 Å². The molecule has 0 radical (unpaired) electrons. The molecule has 2 atom stereocenters. The normalized spacial score (nSPS) is 19.8. The Bertz CT molecular complexity index is 630. The monoisotopic (exact) mass is 351 g/mol. The molecular formula is C18H25NO6. The van der Waals surface area contributed by atoms with Crippen molar-refractivity contribution in [3.63, 3.8) is 0 Å². The summed E-state index contributed by atoms with van der Waals surface area (Å²) >= 11 is 0. The first-order chi connectivity index (χ1) is 12.0. The number of ether oxygens (including phenoxy) is 3. The van der Waals surface area contributed by atoms with Crippen LogP contribution in [0.1, 0.15) is 31.2 Å². The summed E-state index contributed by atoms with van der Waals surface area (Å²) in [6.45, 7) is 0.274. The Labute approximate surface area is 147 Å². The van der Waals surface area contributed by atoms with E-state index in [0.717, 1.165) is 18.4 Å². The van der Waals surface area contributed by atoms with Crippen LogP contribution in [0.5, 0.6) is 17.2 Å². The summed E-state index contributed by atoms with van der Waals surface area (Å²) < 4.78 is 16.0. The van der Waals surface area contributed by atoms with Crippen molar-refractivity contribution in [3.05, 3.63) is 17.7 Å². The van der Waals surface area contributed by atoms with Gasteiger partial charge >= 0.3 is 5.97 Å². The number of hydrogen-bond acceptors (Lipinski definition) is 5. The van der Waals surface area contributed by atoms with Gasteiger partial charge in [-0.05, 0) is 31.4 Å². The van der Waals surface area contributed by atoms with Gasteiger partial charge in [0.1, 0.15) is 0 Å². The van der Waals surface area contributed by atoms with Gasteiger partial charge in [0, 0.05) is 18.0 Å². The number of carboxylic acids is 1. The highest BCUT2D eigenvalue weighted by Crippen LogP contribution is 2.39. The van der Waals surface area contributed by atoms with Crippen LogP contribution < -0.4 is 19.5 Å². The van der Waals surface area contributed by atoms with Gasteiger partial charge in [0.2, 0.25) is 11.7 Å². The largest absolute Gasteiger partial charge is 0.493 e. The number of hydrogen-bond donors (Lipinski definition) is 2. The third-order valence-electron chi connectivity index (χ3n) is 4.63. The lowest BCUT2D eigenvalue weighted by molar-refractivity contribution is -0.144. The average molecular weight is 351 g/mol. The van der Waals surface area contributed by atoms with E-state index in [1.54, 1.807) is 19.2 Å². The number of aliphatic carboxylic acids is 1. The van der Waals surface area contributed by atoms with Crippen molar-refractivity contribution in [2.75, 3.05) is 21.3 Å². The zero-order valence-electron chi connectivity index (χ0n) is 14.8. The van der Waals surface area contributed by atoms with Crippen molar-refractivity contribution in [2.24, 2.45) is 11.8 Å². The van der Waals surface area contributed by atoms with Crippen molar-refractivity contribution < 1.29 is 28.9 Å². The minimum Gasteiger partial charge on any atom is -0.493 e. The molecule has 1 fully saturated rings. The number of methoxy groups -OCH3 is 3. The van der Waals surface area contributed by atoms with Gasteiger partial charge in [-0.3, -0.25) is 9.59 Å². The first kappa shape index (κ1) is 18.9. The first-order valence-electron chi connectivity index (χ1n) is 8.30. The highest BCUT2D eigenvalue weighted by Gasteiger charge is 2.31. The van der Waals surface area contributed by atoms with Crippen LogP contribution in [-0.4, -0.2) is 38.3 Å². The van der Waals surface area contributed by atoms with Gasteiger partial charge in [-0.15, -0.1) is 0 Å². The van der Waals surface area contributed by atoms with Gasteiger partial charge in [0.25, 0.3) is 0 Å². The van der Waals surface area contributed by atoms with Gasteiger partial charge in [0.15, 0.2) is 11.5 Å². The standard InChI is InChI=1S/C18H25NO6/c1-23-14-8-7-13(15(24-2)16(14)25-3)10-19-17(20)11-5-4-6-12(9-11)18(21)22/h7-8,11-12H,4-6,9-10H2,1-3H3,(H,19,20)(H,21,22). The number of rotatable bonds is 7. The van der Waals surface area contributed by atoms with Crippen molar-refractivity contribution in [2.45, 2.75) is 32.2 Å². The van der Waals surface area contributed by atoms with E-state index in [-0.39, 0.29) is 18.4 Å².